The van der Waals surface area contributed by atoms with Crippen LogP contribution in [-0.2, 0) is 4.65 Å². The molecule has 1 aliphatic carbocycles. The summed E-state index contributed by atoms with van der Waals surface area (Å²) in [7, 11) is 0.484. The number of aliphatic hydroxyl groups is 1. The van der Waals surface area contributed by atoms with Crippen LogP contribution in [0.2, 0.25) is 0 Å². The lowest BCUT2D eigenvalue weighted by Gasteiger charge is -2.38. The van der Waals surface area contributed by atoms with E-state index in [4.69, 9.17) is 10.4 Å². The van der Waals surface area contributed by atoms with Gasteiger partial charge in [-0.1, -0.05) is 48.5 Å². The van der Waals surface area contributed by atoms with E-state index < -0.39 is 11.2 Å². The van der Waals surface area contributed by atoms with E-state index >= 15 is 0 Å². The first-order valence-electron chi connectivity index (χ1n) is 10.1. The Hall–Kier alpha value is -1.69. The van der Waals surface area contributed by atoms with Crippen molar-refractivity contribution in [1.82, 2.24) is 0 Å². The molecular weight excluding hydrogens is 347 g/mol. The molecule has 0 saturated heterocycles. The summed E-state index contributed by atoms with van der Waals surface area (Å²) in [5, 5.41) is 10.4. The minimum atomic E-state index is -0.925. The smallest absolute Gasteiger partial charge is 0.305 e. The Bertz CT molecular complexity index is 709. The van der Waals surface area contributed by atoms with Gasteiger partial charge in [0.05, 0.1) is 11.2 Å². The third-order valence-electron chi connectivity index (χ3n) is 5.81. The van der Waals surface area contributed by atoms with Crippen molar-refractivity contribution in [3.05, 3.63) is 59.7 Å². The van der Waals surface area contributed by atoms with Crippen LogP contribution in [0.5, 0.6) is 0 Å². The lowest BCUT2D eigenvalue weighted by Crippen LogP contribution is -2.48. The fourth-order valence-electron chi connectivity index (χ4n) is 3.23. The van der Waals surface area contributed by atoms with Crippen molar-refractivity contribution in [2.24, 2.45) is 22.6 Å². The summed E-state index contributed by atoms with van der Waals surface area (Å²) in [6.07, 6.45) is 16.5. The van der Waals surface area contributed by atoms with Crippen LogP contribution >= 0.6 is 0 Å². The molecule has 0 radical (unpaired) electrons. The number of dihydropyridines is 1. The fourth-order valence-corrected chi connectivity index (χ4v) is 3.23. The zero-order valence-corrected chi connectivity index (χ0v) is 17.8. The Morgan fingerprint density at radius 1 is 1.43 bits per heavy atom. The van der Waals surface area contributed by atoms with E-state index in [0.29, 0.717) is 14.0 Å². The van der Waals surface area contributed by atoms with E-state index in [9.17, 15) is 5.11 Å². The van der Waals surface area contributed by atoms with Crippen LogP contribution < -0.4 is 5.73 Å². The van der Waals surface area contributed by atoms with E-state index in [2.05, 4.69) is 35.9 Å². The van der Waals surface area contributed by atoms with Gasteiger partial charge in [0.25, 0.3) is 0 Å². The molecule has 0 aromatic heterocycles. The SMILES string of the molecule is C=C/C=C\C(CN)C1=CC(C2=CCCN=C2)CC(BOC(C)(C)C(C)(C)O)=C1. The van der Waals surface area contributed by atoms with Crippen molar-refractivity contribution in [1.29, 1.82) is 0 Å². The third-order valence-corrected chi connectivity index (χ3v) is 5.81. The lowest BCUT2D eigenvalue weighted by atomic mass is 9.71. The van der Waals surface area contributed by atoms with Gasteiger partial charge in [-0.05, 0) is 51.7 Å². The highest BCUT2D eigenvalue weighted by molar-refractivity contribution is 6.38. The second-order valence-corrected chi connectivity index (χ2v) is 8.63. The number of allylic oxidation sites excluding steroid dienone is 6. The van der Waals surface area contributed by atoms with E-state index in [1.807, 2.05) is 26.1 Å². The summed E-state index contributed by atoms with van der Waals surface area (Å²) in [5.74, 6) is 0.415. The maximum Gasteiger partial charge on any atom is 0.305 e. The normalized spacial score (nSPS) is 21.8. The highest BCUT2D eigenvalue weighted by Crippen LogP contribution is 2.33. The van der Waals surface area contributed by atoms with Crippen LogP contribution in [0.4, 0.5) is 0 Å². The van der Waals surface area contributed by atoms with E-state index in [-0.39, 0.29) is 11.8 Å². The van der Waals surface area contributed by atoms with Crippen molar-refractivity contribution in [2.75, 3.05) is 13.1 Å². The van der Waals surface area contributed by atoms with Gasteiger partial charge in [-0.3, -0.25) is 4.99 Å². The molecular formula is C23H35BN2O2. The largest absolute Gasteiger partial charge is 0.427 e. The maximum atomic E-state index is 10.4. The molecule has 0 saturated carbocycles. The number of aliphatic imine (C=N–C) groups is 1. The van der Waals surface area contributed by atoms with Crippen LogP contribution in [0.25, 0.3) is 0 Å². The predicted molar refractivity (Wildman–Crippen MR) is 121 cm³/mol. The average molecular weight is 382 g/mol. The van der Waals surface area contributed by atoms with Crippen LogP contribution in [0, 0.1) is 11.8 Å². The summed E-state index contributed by atoms with van der Waals surface area (Å²) in [6, 6.07) is 0. The summed E-state index contributed by atoms with van der Waals surface area (Å²) in [5.41, 5.74) is 8.16. The Morgan fingerprint density at radius 2 is 2.18 bits per heavy atom. The first-order valence-corrected chi connectivity index (χ1v) is 10.1. The number of rotatable bonds is 9. The molecule has 3 N–H and O–H groups in total. The van der Waals surface area contributed by atoms with Crippen LogP contribution in [-0.4, -0.2) is 43.1 Å². The van der Waals surface area contributed by atoms with Gasteiger partial charge < -0.3 is 15.5 Å². The predicted octanol–water partition coefficient (Wildman–Crippen LogP) is 3.45. The Morgan fingerprint density at radius 3 is 2.75 bits per heavy atom. The fraction of sp³-hybridized carbons (Fsp3) is 0.522. The molecule has 0 aromatic carbocycles. The maximum absolute atomic E-state index is 10.4. The highest BCUT2D eigenvalue weighted by Gasteiger charge is 2.36. The van der Waals surface area contributed by atoms with Gasteiger partial charge in [-0.25, -0.2) is 0 Å². The molecule has 2 rings (SSSR count). The van der Waals surface area contributed by atoms with Crippen molar-refractivity contribution in [2.45, 2.75) is 51.7 Å². The molecule has 2 unspecified atom stereocenters. The molecule has 5 heteroatoms. The van der Waals surface area contributed by atoms with Crippen molar-refractivity contribution in [3.63, 3.8) is 0 Å². The zero-order valence-electron chi connectivity index (χ0n) is 17.8. The Kier molecular flexibility index (Phi) is 7.82. The highest BCUT2D eigenvalue weighted by atomic mass is 16.5. The third kappa shape index (κ3) is 5.90. The lowest BCUT2D eigenvalue weighted by molar-refractivity contribution is -0.0897. The minimum Gasteiger partial charge on any atom is -0.427 e. The van der Waals surface area contributed by atoms with Crippen molar-refractivity contribution >= 4 is 13.7 Å². The number of hydrogen-bond donors (Lipinski definition) is 2. The van der Waals surface area contributed by atoms with Crippen molar-refractivity contribution in [3.8, 4) is 0 Å². The molecule has 0 bridgehead atoms. The summed E-state index contributed by atoms with van der Waals surface area (Å²) >= 11 is 0. The molecule has 2 atom stereocenters. The topological polar surface area (TPSA) is 67.8 Å². The van der Waals surface area contributed by atoms with Gasteiger partial charge in [0, 0.05) is 31.1 Å². The van der Waals surface area contributed by atoms with E-state index in [0.717, 1.165) is 19.4 Å². The van der Waals surface area contributed by atoms with Gasteiger partial charge in [-0.15, -0.1) is 0 Å². The Labute approximate surface area is 170 Å². The zero-order chi connectivity index (χ0) is 20.8. The molecule has 0 amide bonds. The number of nitrogens with zero attached hydrogens (tertiary/aromatic N) is 1. The van der Waals surface area contributed by atoms with Gasteiger partial charge in [-0.2, -0.15) is 0 Å². The van der Waals surface area contributed by atoms with Gasteiger partial charge in [0.1, 0.15) is 0 Å². The van der Waals surface area contributed by atoms with Gasteiger partial charge in [0.2, 0.25) is 0 Å². The van der Waals surface area contributed by atoms with Crippen LogP contribution in [0.1, 0.15) is 40.5 Å². The molecule has 0 fully saturated rings. The second-order valence-electron chi connectivity index (χ2n) is 8.63. The quantitative estimate of drug-likeness (QED) is 0.474. The van der Waals surface area contributed by atoms with E-state index in [1.54, 1.807) is 19.9 Å². The first-order chi connectivity index (χ1) is 13.2. The van der Waals surface area contributed by atoms with Crippen LogP contribution in [0.15, 0.2) is 64.6 Å². The number of nitrogens with two attached hydrogens (primary N) is 1. The summed E-state index contributed by atoms with van der Waals surface area (Å²) in [4.78, 5) is 4.46. The molecule has 0 aromatic rings. The molecule has 1 aliphatic heterocycles. The molecule has 152 valence electrons. The van der Waals surface area contributed by atoms with Crippen LogP contribution in [0.3, 0.4) is 0 Å². The monoisotopic (exact) mass is 382 g/mol. The average Bonchev–Trinajstić information content (AvgIpc) is 2.67. The first kappa shape index (κ1) is 22.6. The molecule has 4 nitrogen and oxygen atoms in total. The molecule has 1 heterocycles. The van der Waals surface area contributed by atoms with Crippen molar-refractivity contribution < 1.29 is 9.76 Å². The molecule has 28 heavy (non-hydrogen) atoms. The minimum absolute atomic E-state index is 0.138. The number of hydrogen-bond acceptors (Lipinski definition) is 4. The summed E-state index contributed by atoms with van der Waals surface area (Å²) < 4.78 is 6.15. The molecule has 2 aliphatic rings. The molecule has 0 spiro atoms. The van der Waals surface area contributed by atoms with E-state index in [1.165, 1.54) is 16.6 Å². The standard InChI is InChI=1S/C23H35BN2O2/c1-6-7-9-17(15-25)19-12-20(18-10-8-11-26-16-18)14-21(13-19)24-28-23(4,5)22(2,3)27/h6-7,9-10,12-13,16-17,20,24,27H,1,8,11,14-15,25H2,2-5H3/b9-7-. The second kappa shape index (κ2) is 9.68. The van der Waals surface area contributed by atoms with Gasteiger partial charge in [0.15, 0.2) is 0 Å². The Balaban J connectivity index is 2.27. The summed E-state index contributed by atoms with van der Waals surface area (Å²) in [6.45, 7) is 12.6. The van der Waals surface area contributed by atoms with Gasteiger partial charge >= 0.3 is 7.48 Å².